The first-order valence-corrected chi connectivity index (χ1v) is 10.4. The zero-order valence-electron chi connectivity index (χ0n) is 15.6. The van der Waals surface area contributed by atoms with Gasteiger partial charge in [-0.05, 0) is 49.6 Å². The minimum Gasteiger partial charge on any atom is -0.356 e. The van der Waals surface area contributed by atoms with Crippen LogP contribution in [0, 0.1) is 0 Å². The summed E-state index contributed by atoms with van der Waals surface area (Å²) in [6.45, 7) is 1.77. The van der Waals surface area contributed by atoms with E-state index in [1.807, 2.05) is 0 Å². The fourth-order valence-corrected chi connectivity index (χ4v) is 4.02. The molecule has 2 heterocycles. The Labute approximate surface area is 160 Å². The predicted octanol–water partition coefficient (Wildman–Crippen LogP) is 2.57. The number of piperidine rings is 1. The summed E-state index contributed by atoms with van der Waals surface area (Å²) in [5.74, 6) is 0.370. The number of hydrogen-bond acceptors (Lipinski definition) is 5. The minimum atomic E-state index is -3.56. The Morgan fingerprint density at radius 1 is 1.11 bits per heavy atom. The van der Waals surface area contributed by atoms with Crippen LogP contribution in [0.25, 0.3) is 0 Å². The number of benzene rings is 1. The lowest BCUT2D eigenvalue weighted by Gasteiger charge is -2.29. The van der Waals surface area contributed by atoms with Crippen LogP contribution < -0.4 is 10.2 Å². The van der Waals surface area contributed by atoms with Gasteiger partial charge < -0.3 is 10.2 Å². The molecule has 1 amide bonds. The number of carbonyl (C=O) groups excluding carboxylic acids is 1. The van der Waals surface area contributed by atoms with Gasteiger partial charge >= 0.3 is 0 Å². The highest BCUT2D eigenvalue weighted by Gasteiger charge is 2.21. The summed E-state index contributed by atoms with van der Waals surface area (Å²) in [5, 5.41) is 2.80. The van der Waals surface area contributed by atoms with E-state index < -0.39 is 10.0 Å². The molecule has 0 saturated carbocycles. The van der Waals surface area contributed by atoms with Gasteiger partial charge in [-0.1, -0.05) is 6.07 Å². The number of carbonyl (C=O) groups is 1. The number of anilines is 2. The maximum Gasteiger partial charge on any atom is 0.259 e. The molecule has 0 atom stereocenters. The van der Waals surface area contributed by atoms with Gasteiger partial charge in [-0.2, -0.15) is 0 Å². The molecular formula is C19H24N4O3S. The van der Waals surface area contributed by atoms with E-state index in [1.165, 1.54) is 32.6 Å². The van der Waals surface area contributed by atoms with Crippen LogP contribution in [0.2, 0.25) is 0 Å². The van der Waals surface area contributed by atoms with Crippen LogP contribution in [0.1, 0.15) is 29.6 Å². The summed E-state index contributed by atoms with van der Waals surface area (Å²) in [5.41, 5.74) is 0.914. The maximum atomic E-state index is 12.8. The van der Waals surface area contributed by atoms with Crippen molar-refractivity contribution in [3.8, 4) is 0 Å². The highest BCUT2D eigenvalue weighted by atomic mass is 32.2. The Balaban J connectivity index is 1.85. The normalized spacial score (nSPS) is 15.0. The van der Waals surface area contributed by atoms with Crippen molar-refractivity contribution in [1.29, 1.82) is 0 Å². The SMILES string of the molecule is CN(C)S(=O)(=O)c1cccc(NC(=O)c2cccnc2N2CCCCC2)c1. The molecule has 1 fully saturated rings. The molecule has 1 aliphatic rings. The molecule has 0 bridgehead atoms. The first-order valence-electron chi connectivity index (χ1n) is 8.93. The van der Waals surface area contributed by atoms with Gasteiger partial charge in [0.2, 0.25) is 10.0 Å². The Hall–Kier alpha value is -2.45. The van der Waals surface area contributed by atoms with Gasteiger partial charge in [0.05, 0.1) is 10.5 Å². The van der Waals surface area contributed by atoms with E-state index in [0.29, 0.717) is 17.1 Å². The lowest BCUT2D eigenvalue weighted by Crippen LogP contribution is -2.32. The van der Waals surface area contributed by atoms with Crippen molar-refractivity contribution >= 4 is 27.4 Å². The van der Waals surface area contributed by atoms with Gasteiger partial charge in [0.15, 0.2) is 0 Å². The number of hydrogen-bond donors (Lipinski definition) is 1. The van der Waals surface area contributed by atoms with Gasteiger partial charge in [0.25, 0.3) is 5.91 Å². The van der Waals surface area contributed by atoms with E-state index in [4.69, 9.17) is 0 Å². The second-order valence-corrected chi connectivity index (χ2v) is 8.84. The van der Waals surface area contributed by atoms with Crippen LogP contribution in [0.4, 0.5) is 11.5 Å². The van der Waals surface area contributed by atoms with Crippen molar-refractivity contribution in [2.24, 2.45) is 0 Å². The largest absolute Gasteiger partial charge is 0.356 e. The molecule has 1 N–H and O–H groups in total. The average molecular weight is 388 g/mol. The van der Waals surface area contributed by atoms with Gasteiger partial charge in [-0.15, -0.1) is 0 Å². The number of rotatable bonds is 5. The predicted molar refractivity (Wildman–Crippen MR) is 106 cm³/mol. The van der Waals surface area contributed by atoms with Crippen molar-refractivity contribution < 1.29 is 13.2 Å². The van der Waals surface area contributed by atoms with Gasteiger partial charge in [0, 0.05) is 39.1 Å². The molecule has 27 heavy (non-hydrogen) atoms. The van der Waals surface area contributed by atoms with E-state index in [-0.39, 0.29) is 10.8 Å². The first-order chi connectivity index (χ1) is 12.9. The summed E-state index contributed by atoms with van der Waals surface area (Å²) in [7, 11) is -0.617. The van der Waals surface area contributed by atoms with Crippen molar-refractivity contribution in [3.63, 3.8) is 0 Å². The molecule has 0 spiro atoms. The number of pyridine rings is 1. The van der Waals surface area contributed by atoms with Crippen LogP contribution in [-0.2, 0) is 10.0 Å². The second-order valence-electron chi connectivity index (χ2n) is 6.69. The average Bonchev–Trinajstić information content (AvgIpc) is 2.68. The van der Waals surface area contributed by atoms with Crippen molar-refractivity contribution in [1.82, 2.24) is 9.29 Å². The number of nitrogens with one attached hydrogen (secondary N) is 1. The number of nitrogens with zero attached hydrogens (tertiary/aromatic N) is 3. The molecule has 0 unspecified atom stereocenters. The Morgan fingerprint density at radius 3 is 2.56 bits per heavy atom. The third-order valence-electron chi connectivity index (χ3n) is 4.56. The quantitative estimate of drug-likeness (QED) is 0.851. The van der Waals surface area contributed by atoms with Crippen LogP contribution >= 0.6 is 0 Å². The van der Waals surface area contributed by atoms with Gasteiger partial charge in [-0.25, -0.2) is 17.7 Å². The molecule has 1 aromatic carbocycles. The van der Waals surface area contributed by atoms with Crippen LogP contribution in [0.3, 0.4) is 0 Å². The monoisotopic (exact) mass is 388 g/mol. The second kappa shape index (κ2) is 8.06. The lowest BCUT2D eigenvalue weighted by molar-refractivity contribution is 0.102. The van der Waals surface area contributed by atoms with Crippen LogP contribution in [0.15, 0.2) is 47.5 Å². The van der Waals surface area contributed by atoms with E-state index in [9.17, 15) is 13.2 Å². The molecular weight excluding hydrogens is 364 g/mol. The van der Waals surface area contributed by atoms with Crippen LogP contribution in [-0.4, -0.2) is 50.8 Å². The molecule has 1 aliphatic heterocycles. The number of amides is 1. The van der Waals surface area contributed by atoms with Crippen molar-refractivity contribution in [2.45, 2.75) is 24.2 Å². The summed E-state index contributed by atoms with van der Waals surface area (Å²) in [6, 6.07) is 9.73. The summed E-state index contributed by atoms with van der Waals surface area (Å²) in [4.78, 5) is 19.5. The van der Waals surface area contributed by atoms with Crippen LogP contribution in [0.5, 0.6) is 0 Å². The molecule has 7 nitrogen and oxygen atoms in total. The molecule has 0 radical (unpaired) electrons. The third-order valence-corrected chi connectivity index (χ3v) is 6.37. The molecule has 144 valence electrons. The smallest absolute Gasteiger partial charge is 0.259 e. The summed E-state index contributed by atoms with van der Waals surface area (Å²) >= 11 is 0. The zero-order valence-corrected chi connectivity index (χ0v) is 16.4. The third kappa shape index (κ3) is 4.28. The van der Waals surface area contributed by atoms with E-state index >= 15 is 0 Å². The molecule has 1 aromatic heterocycles. The first kappa shape index (κ1) is 19.3. The van der Waals surface area contributed by atoms with E-state index in [2.05, 4.69) is 15.2 Å². The van der Waals surface area contributed by atoms with Crippen molar-refractivity contribution in [2.75, 3.05) is 37.4 Å². The number of sulfonamides is 1. The molecule has 1 saturated heterocycles. The fourth-order valence-electron chi connectivity index (χ4n) is 3.08. The highest BCUT2D eigenvalue weighted by Crippen LogP contribution is 2.23. The van der Waals surface area contributed by atoms with Gasteiger partial charge in [-0.3, -0.25) is 4.79 Å². The molecule has 0 aliphatic carbocycles. The lowest BCUT2D eigenvalue weighted by atomic mass is 10.1. The molecule has 2 aromatic rings. The van der Waals surface area contributed by atoms with E-state index in [0.717, 1.165) is 30.2 Å². The highest BCUT2D eigenvalue weighted by molar-refractivity contribution is 7.89. The summed E-state index contributed by atoms with van der Waals surface area (Å²) in [6.07, 6.45) is 5.05. The summed E-state index contributed by atoms with van der Waals surface area (Å²) < 4.78 is 25.7. The molecule has 8 heteroatoms. The van der Waals surface area contributed by atoms with E-state index in [1.54, 1.807) is 30.5 Å². The zero-order chi connectivity index (χ0) is 19.4. The minimum absolute atomic E-state index is 0.132. The Morgan fingerprint density at radius 2 is 1.85 bits per heavy atom. The Kier molecular flexibility index (Phi) is 5.76. The topological polar surface area (TPSA) is 82.6 Å². The Bertz CT molecular complexity index is 922. The van der Waals surface area contributed by atoms with Gasteiger partial charge in [0.1, 0.15) is 5.82 Å². The standard InChI is InChI=1S/C19H24N4O3S/c1-22(2)27(25,26)16-9-6-8-15(14-16)21-19(24)17-10-7-11-20-18(17)23-12-4-3-5-13-23/h6-11,14H,3-5,12-13H2,1-2H3,(H,21,24). The molecule has 3 rings (SSSR count). The van der Waals surface area contributed by atoms with Crippen molar-refractivity contribution in [3.05, 3.63) is 48.2 Å². The maximum absolute atomic E-state index is 12.8. The fraction of sp³-hybridized carbons (Fsp3) is 0.368. The number of aromatic nitrogens is 1.